The fraction of sp³-hybridized carbons (Fsp3) is 0.286. The van der Waals surface area contributed by atoms with Gasteiger partial charge in [-0.25, -0.2) is 4.68 Å². The summed E-state index contributed by atoms with van der Waals surface area (Å²) in [5.41, 5.74) is 4.30. The summed E-state index contributed by atoms with van der Waals surface area (Å²) in [6, 6.07) is 9.43. The smallest absolute Gasteiger partial charge is 0.269 e. The van der Waals surface area contributed by atoms with Crippen molar-refractivity contribution in [1.82, 2.24) is 25.8 Å². The number of nitrogens with one attached hydrogen (secondary N) is 2. The van der Waals surface area contributed by atoms with Crippen LogP contribution in [0.25, 0.3) is 11.3 Å². The van der Waals surface area contributed by atoms with E-state index >= 15 is 0 Å². The molecule has 2 aromatic rings. The Balaban J connectivity index is 1.91. The molecule has 0 saturated carbocycles. The van der Waals surface area contributed by atoms with Crippen LogP contribution < -0.4 is 10.9 Å². The number of carbonyl (C=O) groups excluding carboxylic acids is 2. The second-order valence-corrected chi connectivity index (χ2v) is 5.23. The topological polar surface area (TPSA) is 109 Å². The zero-order chi connectivity index (χ0) is 16.2. The van der Waals surface area contributed by atoms with Gasteiger partial charge in [-0.3, -0.25) is 20.4 Å². The van der Waals surface area contributed by atoms with Crippen LogP contribution >= 0.6 is 0 Å². The molecule has 0 atom stereocenters. The SMILES string of the molecule is CC(C)(O)C(=O)NNC(=O)Cn1cc(-c2ccccc2)nn1. The molecule has 0 unspecified atom stereocenters. The molecule has 3 N–H and O–H groups in total. The van der Waals surface area contributed by atoms with E-state index in [4.69, 9.17) is 0 Å². The van der Waals surface area contributed by atoms with Crippen molar-refractivity contribution in [3.05, 3.63) is 36.5 Å². The van der Waals surface area contributed by atoms with Crippen LogP contribution in [0.3, 0.4) is 0 Å². The van der Waals surface area contributed by atoms with Crippen molar-refractivity contribution in [1.29, 1.82) is 0 Å². The molecule has 0 bridgehead atoms. The van der Waals surface area contributed by atoms with Gasteiger partial charge in [0.15, 0.2) is 0 Å². The molecule has 0 radical (unpaired) electrons. The van der Waals surface area contributed by atoms with Crippen LogP contribution in [0.1, 0.15) is 13.8 Å². The highest BCUT2D eigenvalue weighted by molar-refractivity contribution is 5.86. The number of benzene rings is 1. The number of hydrogen-bond donors (Lipinski definition) is 3. The molecule has 0 aliphatic carbocycles. The third-order valence-electron chi connectivity index (χ3n) is 2.78. The van der Waals surface area contributed by atoms with Crippen molar-refractivity contribution in [2.24, 2.45) is 0 Å². The molecular weight excluding hydrogens is 286 g/mol. The Morgan fingerprint density at radius 1 is 1.23 bits per heavy atom. The summed E-state index contributed by atoms with van der Waals surface area (Å²) >= 11 is 0. The third kappa shape index (κ3) is 4.13. The van der Waals surface area contributed by atoms with Crippen molar-refractivity contribution < 1.29 is 14.7 Å². The Labute approximate surface area is 127 Å². The lowest BCUT2D eigenvalue weighted by molar-refractivity contribution is -0.140. The summed E-state index contributed by atoms with van der Waals surface area (Å²) in [5, 5.41) is 17.3. The molecule has 0 spiro atoms. The maximum atomic E-state index is 11.7. The van der Waals surface area contributed by atoms with Crippen LogP contribution in [0.5, 0.6) is 0 Å². The highest BCUT2D eigenvalue weighted by Crippen LogP contribution is 2.14. The van der Waals surface area contributed by atoms with Crippen molar-refractivity contribution in [2.45, 2.75) is 26.0 Å². The number of hydrazine groups is 1. The molecule has 1 aromatic carbocycles. The second kappa shape index (κ2) is 6.35. The number of rotatable bonds is 4. The standard InChI is InChI=1S/C14H17N5O3/c1-14(2,22)13(21)17-16-12(20)9-19-8-11(15-18-19)10-6-4-3-5-7-10/h3-8,22H,9H2,1-2H3,(H,16,20)(H,17,21). The van der Waals surface area contributed by atoms with Gasteiger partial charge in [-0.1, -0.05) is 35.5 Å². The van der Waals surface area contributed by atoms with Crippen LogP contribution in [0, 0.1) is 0 Å². The fourth-order valence-corrected chi connectivity index (χ4v) is 1.58. The maximum absolute atomic E-state index is 11.7. The van der Waals surface area contributed by atoms with E-state index in [1.807, 2.05) is 30.3 Å². The van der Waals surface area contributed by atoms with Crippen LogP contribution in [0.2, 0.25) is 0 Å². The number of carbonyl (C=O) groups is 2. The normalized spacial score (nSPS) is 11.0. The van der Waals surface area contributed by atoms with Gasteiger partial charge < -0.3 is 5.11 Å². The van der Waals surface area contributed by atoms with Gasteiger partial charge in [0.05, 0.1) is 6.20 Å². The summed E-state index contributed by atoms with van der Waals surface area (Å²) in [6.45, 7) is 2.53. The third-order valence-corrected chi connectivity index (χ3v) is 2.78. The molecule has 1 aromatic heterocycles. The van der Waals surface area contributed by atoms with Crippen LogP contribution in [0.15, 0.2) is 36.5 Å². The van der Waals surface area contributed by atoms with E-state index in [1.54, 1.807) is 6.20 Å². The molecule has 1 heterocycles. The quantitative estimate of drug-likeness (QED) is 0.681. The van der Waals surface area contributed by atoms with Gasteiger partial charge in [0.2, 0.25) is 0 Å². The Bertz CT molecular complexity index is 661. The van der Waals surface area contributed by atoms with Crippen molar-refractivity contribution in [3.63, 3.8) is 0 Å². The zero-order valence-corrected chi connectivity index (χ0v) is 12.3. The Kier molecular flexibility index (Phi) is 4.52. The highest BCUT2D eigenvalue weighted by atomic mass is 16.3. The Hall–Kier alpha value is -2.74. The molecule has 22 heavy (non-hydrogen) atoms. The van der Waals surface area contributed by atoms with Crippen molar-refractivity contribution >= 4 is 11.8 Å². The number of aliphatic hydroxyl groups is 1. The summed E-state index contributed by atoms with van der Waals surface area (Å²) in [7, 11) is 0. The maximum Gasteiger partial charge on any atom is 0.269 e. The van der Waals surface area contributed by atoms with E-state index in [0.29, 0.717) is 5.69 Å². The van der Waals surface area contributed by atoms with E-state index in [9.17, 15) is 14.7 Å². The minimum atomic E-state index is -1.57. The first-order valence-electron chi connectivity index (χ1n) is 6.63. The molecule has 0 aliphatic heterocycles. The Morgan fingerprint density at radius 3 is 2.55 bits per heavy atom. The summed E-state index contributed by atoms with van der Waals surface area (Å²) in [5.74, 6) is -1.19. The lowest BCUT2D eigenvalue weighted by Crippen LogP contribution is -2.51. The number of aromatic nitrogens is 3. The number of amides is 2. The molecule has 2 rings (SSSR count). The number of nitrogens with zero attached hydrogens (tertiary/aromatic N) is 3. The number of hydrogen-bond acceptors (Lipinski definition) is 5. The first kappa shape index (κ1) is 15.6. The predicted molar refractivity (Wildman–Crippen MR) is 78.0 cm³/mol. The lowest BCUT2D eigenvalue weighted by atomic mass is 10.1. The average Bonchev–Trinajstić information content (AvgIpc) is 2.93. The first-order chi connectivity index (χ1) is 10.4. The molecule has 8 heteroatoms. The molecule has 8 nitrogen and oxygen atoms in total. The van der Waals surface area contributed by atoms with Gasteiger partial charge in [-0.05, 0) is 13.8 Å². The second-order valence-electron chi connectivity index (χ2n) is 5.23. The van der Waals surface area contributed by atoms with Gasteiger partial charge >= 0.3 is 0 Å². The van der Waals surface area contributed by atoms with E-state index in [-0.39, 0.29) is 6.54 Å². The molecule has 0 fully saturated rings. The van der Waals surface area contributed by atoms with Crippen LogP contribution in [-0.4, -0.2) is 37.5 Å². The first-order valence-corrected chi connectivity index (χ1v) is 6.63. The van der Waals surface area contributed by atoms with E-state index in [1.165, 1.54) is 18.5 Å². The van der Waals surface area contributed by atoms with Gasteiger partial charge in [0.25, 0.3) is 11.8 Å². The largest absolute Gasteiger partial charge is 0.381 e. The van der Waals surface area contributed by atoms with E-state index in [0.717, 1.165) is 5.56 Å². The summed E-state index contributed by atoms with van der Waals surface area (Å²) in [6.07, 6.45) is 1.63. The highest BCUT2D eigenvalue weighted by Gasteiger charge is 2.23. The Morgan fingerprint density at radius 2 is 1.91 bits per heavy atom. The van der Waals surface area contributed by atoms with Gasteiger partial charge in [-0.15, -0.1) is 5.10 Å². The van der Waals surface area contributed by atoms with Crippen LogP contribution in [0.4, 0.5) is 0 Å². The minimum absolute atomic E-state index is 0.105. The van der Waals surface area contributed by atoms with Crippen molar-refractivity contribution in [3.8, 4) is 11.3 Å². The summed E-state index contributed by atoms with van der Waals surface area (Å²) in [4.78, 5) is 23.1. The predicted octanol–water partition coefficient (Wildman–Crippen LogP) is -0.137. The lowest BCUT2D eigenvalue weighted by Gasteiger charge is -2.16. The van der Waals surface area contributed by atoms with Crippen LogP contribution in [-0.2, 0) is 16.1 Å². The molecule has 0 saturated heterocycles. The van der Waals surface area contributed by atoms with Crippen molar-refractivity contribution in [2.75, 3.05) is 0 Å². The summed E-state index contributed by atoms with van der Waals surface area (Å²) < 4.78 is 1.36. The molecule has 2 amide bonds. The van der Waals surface area contributed by atoms with Gasteiger partial charge in [0.1, 0.15) is 17.8 Å². The monoisotopic (exact) mass is 303 g/mol. The fourth-order valence-electron chi connectivity index (χ4n) is 1.58. The molecule has 116 valence electrons. The average molecular weight is 303 g/mol. The van der Waals surface area contributed by atoms with E-state index < -0.39 is 17.4 Å². The minimum Gasteiger partial charge on any atom is -0.381 e. The molecule has 0 aliphatic rings. The zero-order valence-electron chi connectivity index (χ0n) is 12.3. The van der Waals surface area contributed by atoms with Gasteiger partial charge in [0, 0.05) is 5.56 Å². The molecular formula is C14H17N5O3. The van der Waals surface area contributed by atoms with Gasteiger partial charge in [-0.2, -0.15) is 0 Å². The van der Waals surface area contributed by atoms with E-state index in [2.05, 4.69) is 21.2 Å².